The number of carbonyl (C=O) groups is 2. The number of nitrogens with one attached hydrogen (secondary N) is 1. The maximum Gasteiger partial charge on any atom is 0.330 e. The molecular formula is C14H17BrN2O3. The van der Waals surface area contributed by atoms with Crippen molar-refractivity contribution in [3.63, 3.8) is 0 Å². The summed E-state index contributed by atoms with van der Waals surface area (Å²) in [6, 6.07) is 6.61. The van der Waals surface area contributed by atoms with Crippen LogP contribution in [0.3, 0.4) is 0 Å². The Hall–Kier alpha value is -1.40. The Morgan fingerprint density at radius 3 is 3.00 bits per heavy atom. The highest BCUT2D eigenvalue weighted by molar-refractivity contribution is 9.10. The maximum atomic E-state index is 12.5. The molecule has 6 heteroatoms. The van der Waals surface area contributed by atoms with Gasteiger partial charge < -0.3 is 15.0 Å². The molecule has 1 fully saturated rings. The van der Waals surface area contributed by atoms with Crippen molar-refractivity contribution in [1.29, 1.82) is 0 Å². The molecule has 2 rings (SSSR count). The zero-order valence-electron chi connectivity index (χ0n) is 11.3. The number of amides is 1. The smallest absolute Gasteiger partial charge is 0.330 e. The van der Waals surface area contributed by atoms with Gasteiger partial charge in [-0.25, -0.2) is 4.79 Å². The predicted molar refractivity (Wildman–Crippen MR) is 78.5 cm³/mol. The molecule has 1 aromatic rings. The van der Waals surface area contributed by atoms with E-state index >= 15 is 0 Å². The number of carbonyl (C=O) groups excluding carboxylic acids is 2. The van der Waals surface area contributed by atoms with Gasteiger partial charge in [0, 0.05) is 29.7 Å². The van der Waals surface area contributed by atoms with Gasteiger partial charge in [0.25, 0.3) is 5.91 Å². The second-order valence-electron chi connectivity index (χ2n) is 4.48. The normalized spacial score (nSPS) is 18.7. The Bertz CT molecular complexity index is 507. The molecule has 1 heterocycles. The molecule has 1 N–H and O–H groups in total. The summed E-state index contributed by atoms with van der Waals surface area (Å²) < 4.78 is 5.88. The van der Waals surface area contributed by atoms with E-state index in [0.717, 1.165) is 4.47 Å². The second-order valence-corrected chi connectivity index (χ2v) is 5.40. The van der Waals surface area contributed by atoms with Crippen molar-refractivity contribution >= 4 is 27.8 Å². The highest BCUT2D eigenvalue weighted by Crippen LogP contribution is 2.16. The summed E-state index contributed by atoms with van der Waals surface area (Å²) in [5, 5.41) is 3.12. The number of nitrogens with zero attached hydrogens (tertiary/aromatic N) is 1. The number of rotatable bonds is 3. The fourth-order valence-electron chi connectivity index (χ4n) is 2.18. The van der Waals surface area contributed by atoms with Crippen molar-refractivity contribution in [3.8, 4) is 0 Å². The van der Waals surface area contributed by atoms with Gasteiger partial charge in [0.1, 0.15) is 6.04 Å². The van der Waals surface area contributed by atoms with E-state index in [0.29, 0.717) is 31.8 Å². The summed E-state index contributed by atoms with van der Waals surface area (Å²) in [4.78, 5) is 26.1. The van der Waals surface area contributed by atoms with Gasteiger partial charge in [0.2, 0.25) is 0 Å². The average molecular weight is 341 g/mol. The van der Waals surface area contributed by atoms with Gasteiger partial charge in [-0.3, -0.25) is 4.79 Å². The minimum absolute atomic E-state index is 0.147. The lowest BCUT2D eigenvalue weighted by Crippen LogP contribution is -2.57. The first-order chi connectivity index (χ1) is 9.63. The van der Waals surface area contributed by atoms with E-state index in [-0.39, 0.29) is 11.9 Å². The Balaban J connectivity index is 2.19. The number of halogens is 1. The van der Waals surface area contributed by atoms with E-state index < -0.39 is 6.04 Å². The number of benzene rings is 1. The third kappa shape index (κ3) is 3.37. The van der Waals surface area contributed by atoms with Crippen LogP contribution in [0.5, 0.6) is 0 Å². The molecule has 1 aliphatic heterocycles. The quantitative estimate of drug-likeness (QED) is 0.845. The van der Waals surface area contributed by atoms with Crippen molar-refractivity contribution in [1.82, 2.24) is 10.2 Å². The first-order valence-corrected chi connectivity index (χ1v) is 7.36. The number of esters is 1. The van der Waals surface area contributed by atoms with Gasteiger partial charge in [-0.2, -0.15) is 0 Å². The van der Waals surface area contributed by atoms with Crippen LogP contribution < -0.4 is 5.32 Å². The molecule has 20 heavy (non-hydrogen) atoms. The summed E-state index contributed by atoms with van der Waals surface area (Å²) in [5.74, 6) is -0.506. The lowest BCUT2D eigenvalue weighted by Gasteiger charge is -2.34. The first kappa shape index (κ1) is 15.0. The Morgan fingerprint density at radius 1 is 1.50 bits per heavy atom. The van der Waals surface area contributed by atoms with Crippen molar-refractivity contribution < 1.29 is 14.3 Å². The van der Waals surface area contributed by atoms with Gasteiger partial charge in [0.15, 0.2) is 0 Å². The third-order valence-electron chi connectivity index (χ3n) is 3.13. The fraction of sp³-hybridized carbons (Fsp3) is 0.429. The fourth-order valence-corrected chi connectivity index (χ4v) is 2.58. The zero-order chi connectivity index (χ0) is 14.5. The molecule has 0 spiro atoms. The van der Waals surface area contributed by atoms with E-state index in [9.17, 15) is 9.59 Å². The summed E-state index contributed by atoms with van der Waals surface area (Å²) in [6.07, 6.45) is 0. The summed E-state index contributed by atoms with van der Waals surface area (Å²) >= 11 is 3.35. The molecule has 1 amide bonds. The van der Waals surface area contributed by atoms with E-state index in [2.05, 4.69) is 21.2 Å². The molecule has 1 aliphatic rings. The Labute approximate surface area is 126 Å². The van der Waals surface area contributed by atoms with E-state index in [1.807, 2.05) is 6.07 Å². The monoisotopic (exact) mass is 340 g/mol. The molecule has 0 aromatic heterocycles. The lowest BCUT2D eigenvalue weighted by molar-refractivity contribution is -0.149. The van der Waals surface area contributed by atoms with Crippen molar-refractivity contribution in [2.45, 2.75) is 13.0 Å². The number of hydrogen-bond acceptors (Lipinski definition) is 4. The molecule has 108 valence electrons. The van der Waals surface area contributed by atoms with E-state index in [1.165, 1.54) is 0 Å². The third-order valence-corrected chi connectivity index (χ3v) is 3.63. The van der Waals surface area contributed by atoms with Crippen LogP contribution in [0.25, 0.3) is 0 Å². The maximum absolute atomic E-state index is 12.5. The molecule has 5 nitrogen and oxygen atoms in total. The topological polar surface area (TPSA) is 58.6 Å². The molecule has 0 radical (unpaired) electrons. The molecule has 0 aliphatic carbocycles. The average Bonchev–Trinajstić information content (AvgIpc) is 2.47. The van der Waals surface area contributed by atoms with Crippen LogP contribution in [0, 0.1) is 0 Å². The van der Waals surface area contributed by atoms with Crippen molar-refractivity contribution in [2.24, 2.45) is 0 Å². The van der Waals surface area contributed by atoms with Crippen LogP contribution in [-0.2, 0) is 9.53 Å². The van der Waals surface area contributed by atoms with Crippen LogP contribution in [0.2, 0.25) is 0 Å². The van der Waals surface area contributed by atoms with Crippen LogP contribution in [-0.4, -0.2) is 49.1 Å². The molecule has 1 saturated heterocycles. The molecule has 1 unspecified atom stereocenters. The minimum Gasteiger partial charge on any atom is -0.464 e. The molecule has 1 atom stereocenters. The van der Waals surface area contributed by atoms with Crippen molar-refractivity contribution in [3.05, 3.63) is 34.3 Å². The summed E-state index contributed by atoms with van der Waals surface area (Å²) in [5.41, 5.74) is 0.565. The lowest BCUT2D eigenvalue weighted by atomic mass is 10.1. The minimum atomic E-state index is -0.560. The summed E-state index contributed by atoms with van der Waals surface area (Å²) in [6.45, 7) is 3.67. The van der Waals surface area contributed by atoms with E-state index in [1.54, 1.807) is 30.0 Å². The Kier molecular flexibility index (Phi) is 5.14. The number of ether oxygens (including phenoxy) is 1. The second kappa shape index (κ2) is 6.85. The first-order valence-electron chi connectivity index (χ1n) is 6.57. The van der Waals surface area contributed by atoms with Gasteiger partial charge >= 0.3 is 5.97 Å². The standard InChI is InChI=1S/C14H17BrN2O3/c1-2-20-14(19)12-9-16-6-7-17(12)13(18)10-4-3-5-11(15)8-10/h3-5,8,12,16H,2,6-7,9H2,1H3. The number of hydrogen-bond donors (Lipinski definition) is 1. The Morgan fingerprint density at radius 2 is 2.30 bits per heavy atom. The summed E-state index contributed by atoms with van der Waals surface area (Å²) in [7, 11) is 0. The molecule has 1 aromatic carbocycles. The van der Waals surface area contributed by atoms with Crippen LogP contribution >= 0.6 is 15.9 Å². The van der Waals surface area contributed by atoms with Gasteiger partial charge in [-0.05, 0) is 25.1 Å². The highest BCUT2D eigenvalue weighted by Gasteiger charge is 2.33. The van der Waals surface area contributed by atoms with Crippen LogP contribution in [0.15, 0.2) is 28.7 Å². The number of piperazine rings is 1. The van der Waals surface area contributed by atoms with Gasteiger partial charge in [-0.1, -0.05) is 22.0 Å². The van der Waals surface area contributed by atoms with E-state index in [4.69, 9.17) is 4.74 Å². The largest absolute Gasteiger partial charge is 0.464 e. The molecular weight excluding hydrogens is 324 g/mol. The zero-order valence-corrected chi connectivity index (χ0v) is 12.9. The van der Waals surface area contributed by atoms with Crippen molar-refractivity contribution in [2.75, 3.05) is 26.2 Å². The van der Waals surface area contributed by atoms with Crippen LogP contribution in [0.1, 0.15) is 17.3 Å². The molecule has 0 saturated carbocycles. The molecule has 0 bridgehead atoms. The van der Waals surface area contributed by atoms with Gasteiger partial charge in [0.05, 0.1) is 6.61 Å². The highest BCUT2D eigenvalue weighted by atomic mass is 79.9. The predicted octanol–water partition coefficient (Wildman–Crippen LogP) is 1.43. The SMILES string of the molecule is CCOC(=O)C1CNCCN1C(=O)c1cccc(Br)c1. The van der Waals surface area contributed by atoms with Crippen LogP contribution in [0.4, 0.5) is 0 Å². The van der Waals surface area contributed by atoms with Gasteiger partial charge in [-0.15, -0.1) is 0 Å².